The average molecular weight is 246 g/mol. The highest BCUT2D eigenvalue weighted by Crippen LogP contribution is 2.26. The van der Waals surface area contributed by atoms with Gasteiger partial charge in [-0.3, -0.25) is 0 Å². The molecular weight excluding hydrogens is 232 g/mol. The molecule has 2 aromatic rings. The van der Waals surface area contributed by atoms with Gasteiger partial charge >= 0.3 is 0 Å². The van der Waals surface area contributed by atoms with Gasteiger partial charge in [-0.15, -0.1) is 0 Å². The number of nitrogens with one attached hydrogen (secondary N) is 1. The molecule has 4 nitrogen and oxygen atoms in total. The number of hydrogen-bond donors (Lipinski definition) is 1. The Labute approximate surface area is 105 Å². The van der Waals surface area contributed by atoms with Gasteiger partial charge in [0.2, 0.25) is 0 Å². The first-order valence-corrected chi connectivity index (χ1v) is 6.15. The van der Waals surface area contributed by atoms with Crippen LogP contribution in [0.2, 0.25) is 0 Å². The summed E-state index contributed by atoms with van der Waals surface area (Å²) in [6, 6.07) is 4.03. The van der Waals surface area contributed by atoms with E-state index < -0.39 is 0 Å². The highest BCUT2D eigenvalue weighted by atomic mass is 32.2. The van der Waals surface area contributed by atoms with Crippen LogP contribution in [0, 0.1) is 6.92 Å². The first-order chi connectivity index (χ1) is 8.29. The predicted molar refractivity (Wildman–Crippen MR) is 67.9 cm³/mol. The molecule has 0 bridgehead atoms. The van der Waals surface area contributed by atoms with Crippen LogP contribution in [-0.2, 0) is 6.54 Å². The molecule has 0 unspecified atom stereocenters. The monoisotopic (exact) mass is 246 g/mol. The maximum atomic E-state index is 4.45. The molecule has 2 heterocycles. The minimum Gasteiger partial charge on any atom is -0.316 e. The first-order valence-electron chi connectivity index (χ1n) is 5.33. The third-order valence-corrected chi connectivity index (χ3v) is 3.30. The summed E-state index contributed by atoms with van der Waals surface area (Å²) in [7, 11) is 1.93. The molecule has 17 heavy (non-hydrogen) atoms. The summed E-state index contributed by atoms with van der Waals surface area (Å²) in [5.74, 6) is 0. The van der Waals surface area contributed by atoms with E-state index in [2.05, 4.69) is 33.3 Å². The number of aromatic nitrogens is 3. The SMILES string of the molecule is CNCc1cnc(Sc2ccncn2)c(C)c1. The lowest BCUT2D eigenvalue weighted by molar-refractivity contribution is 0.806. The van der Waals surface area contributed by atoms with Gasteiger partial charge in [0.25, 0.3) is 0 Å². The summed E-state index contributed by atoms with van der Waals surface area (Å²) >= 11 is 1.56. The number of nitrogens with zero attached hydrogens (tertiary/aromatic N) is 3. The van der Waals surface area contributed by atoms with Crippen LogP contribution < -0.4 is 5.32 Å². The zero-order chi connectivity index (χ0) is 12.1. The standard InChI is InChI=1S/C12H14N4S/c1-9-5-10(6-13-2)7-15-12(9)17-11-3-4-14-8-16-11/h3-5,7-8,13H,6H2,1-2H3. The second-order valence-electron chi connectivity index (χ2n) is 3.65. The summed E-state index contributed by atoms with van der Waals surface area (Å²) in [5.41, 5.74) is 2.36. The van der Waals surface area contributed by atoms with Crippen molar-refractivity contribution in [1.29, 1.82) is 0 Å². The second-order valence-corrected chi connectivity index (χ2v) is 4.65. The van der Waals surface area contributed by atoms with Gasteiger partial charge in [0.15, 0.2) is 0 Å². The van der Waals surface area contributed by atoms with Crippen molar-refractivity contribution in [3.8, 4) is 0 Å². The molecule has 0 atom stereocenters. The zero-order valence-corrected chi connectivity index (χ0v) is 10.7. The van der Waals surface area contributed by atoms with Crippen LogP contribution in [0.3, 0.4) is 0 Å². The van der Waals surface area contributed by atoms with Crippen LogP contribution in [-0.4, -0.2) is 22.0 Å². The van der Waals surface area contributed by atoms with Crippen LogP contribution in [0.5, 0.6) is 0 Å². The molecule has 0 aliphatic heterocycles. The third kappa shape index (κ3) is 3.25. The fourth-order valence-corrected chi connectivity index (χ4v) is 2.22. The van der Waals surface area contributed by atoms with E-state index in [4.69, 9.17) is 0 Å². The Kier molecular flexibility index (Phi) is 4.06. The van der Waals surface area contributed by atoms with Gasteiger partial charge in [-0.1, -0.05) is 6.07 Å². The zero-order valence-electron chi connectivity index (χ0n) is 9.84. The average Bonchev–Trinajstić information content (AvgIpc) is 2.34. The van der Waals surface area contributed by atoms with E-state index in [1.54, 1.807) is 24.3 Å². The fraction of sp³-hybridized carbons (Fsp3) is 0.250. The molecule has 0 amide bonds. The van der Waals surface area contributed by atoms with Gasteiger partial charge in [-0.2, -0.15) is 0 Å². The normalized spacial score (nSPS) is 10.5. The van der Waals surface area contributed by atoms with Crippen LogP contribution >= 0.6 is 11.8 Å². The number of hydrogen-bond acceptors (Lipinski definition) is 5. The molecule has 0 aromatic carbocycles. The maximum Gasteiger partial charge on any atom is 0.116 e. The van der Waals surface area contributed by atoms with E-state index in [9.17, 15) is 0 Å². The van der Waals surface area contributed by atoms with Crippen molar-refractivity contribution >= 4 is 11.8 Å². The molecule has 0 saturated carbocycles. The third-order valence-electron chi connectivity index (χ3n) is 2.22. The molecular formula is C12H14N4S. The van der Waals surface area contributed by atoms with Crippen molar-refractivity contribution < 1.29 is 0 Å². The minimum atomic E-state index is 0.840. The molecule has 0 spiro atoms. The summed E-state index contributed by atoms with van der Waals surface area (Å²) in [4.78, 5) is 12.5. The maximum absolute atomic E-state index is 4.45. The van der Waals surface area contributed by atoms with E-state index in [0.717, 1.165) is 16.6 Å². The molecule has 0 aliphatic rings. The van der Waals surface area contributed by atoms with Crippen molar-refractivity contribution in [3.63, 3.8) is 0 Å². The van der Waals surface area contributed by atoms with Crippen LogP contribution in [0.15, 0.2) is 40.9 Å². The summed E-state index contributed by atoms with van der Waals surface area (Å²) in [6.07, 6.45) is 5.18. The van der Waals surface area contributed by atoms with Gasteiger partial charge in [-0.05, 0) is 42.9 Å². The fourth-order valence-electron chi connectivity index (χ4n) is 1.47. The van der Waals surface area contributed by atoms with E-state index in [1.165, 1.54) is 11.1 Å². The lowest BCUT2D eigenvalue weighted by Crippen LogP contribution is -2.05. The Morgan fingerprint density at radius 2 is 2.24 bits per heavy atom. The van der Waals surface area contributed by atoms with Gasteiger partial charge in [0.05, 0.1) is 0 Å². The first kappa shape index (κ1) is 12.0. The molecule has 0 aliphatic carbocycles. The Morgan fingerprint density at radius 1 is 1.35 bits per heavy atom. The summed E-state index contributed by atoms with van der Waals surface area (Å²) in [5, 5.41) is 5.02. The van der Waals surface area contributed by atoms with Crippen LogP contribution in [0.4, 0.5) is 0 Å². The van der Waals surface area contributed by atoms with Crippen LogP contribution in [0.25, 0.3) is 0 Å². The van der Waals surface area contributed by atoms with E-state index in [0.29, 0.717) is 0 Å². The summed E-state index contributed by atoms with van der Waals surface area (Å²) < 4.78 is 0. The highest BCUT2D eigenvalue weighted by Gasteiger charge is 2.04. The molecule has 2 rings (SSSR count). The highest BCUT2D eigenvalue weighted by molar-refractivity contribution is 7.99. The van der Waals surface area contributed by atoms with Crippen molar-refractivity contribution in [3.05, 3.63) is 42.0 Å². The molecule has 2 aromatic heterocycles. The van der Waals surface area contributed by atoms with Crippen LogP contribution in [0.1, 0.15) is 11.1 Å². The minimum absolute atomic E-state index is 0.840. The molecule has 1 N–H and O–H groups in total. The van der Waals surface area contributed by atoms with Gasteiger partial charge in [-0.25, -0.2) is 15.0 Å². The lowest BCUT2D eigenvalue weighted by Gasteiger charge is -2.06. The lowest BCUT2D eigenvalue weighted by atomic mass is 10.2. The van der Waals surface area contributed by atoms with Gasteiger partial charge in [0.1, 0.15) is 16.4 Å². The predicted octanol–water partition coefficient (Wildman–Crippen LogP) is 2.05. The quantitative estimate of drug-likeness (QED) is 0.837. The molecule has 88 valence electrons. The molecule has 0 fully saturated rings. The smallest absolute Gasteiger partial charge is 0.116 e. The van der Waals surface area contributed by atoms with Crippen molar-refractivity contribution in [2.45, 2.75) is 23.5 Å². The number of rotatable bonds is 4. The van der Waals surface area contributed by atoms with Crippen molar-refractivity contribution in [1.82, 2.24) is 20.3 Å². The second kappa shape index (κ2) is 5.75. The van der Waals surface area contributed by atoms with Gasteiger partial charge in [0, 0.05) is 18.9 Å². The Hall–Kier alpha value is -1.46. The number of pyridine rings is 1. The van der Waals surface area contributed by atoms with E-state index in [1.807, 2.05) is 19.3 Å². The largest absolute Gasteiger partial charge is 0.316 e. The topological polar surface area (TPSA) is 50.7 Å². The Balaban J connectivity index is 2.17. The van der Waals surface area contributed by atoms with Crippen molar-refractivity contribution in [2.75, 3.05) is 7.05 Å². The molecule has 5 heteroatoms. The van der Waals surface area contributed by atoms with Gasteiger partial charge < -0.3 is 5.32 Å². The van der Waals surface area contributed by atoms with Crippen molar-refractivity contribution in [2.24, 2.45) is 0 Å². The Morgan fingerprint density at radius 3 is 2.88 bits per heavy atom. The summed E-state index contributed by atoms with van der Waals surface area (Å²) in [6.45, 7) is 2.90. The Bertz CT molecular complexity index is 487. The van der Waals surface area contributed by atoms with E-state index in [-0.39, 0.29) is 0 Å². The molecule has 0 radical (unpaired) electrons. The van der Waals surface area contributed by atoms with E-state index >= 15 is 0 Å². The molecule has 0 saturated heterocycles. The number of aryl methyl sites for hydroxylation is 1.